The van der Waals surface area contributed by atoms with Gasteiger partial charge in [-0.1, -0.05) is 32.0 Å². The normalized spacial score (nSPS) is 13.5. The minimum atomic E-state index is -2.94. The van der Waals surface area contributed by atoms with Crippen molar-refractivity contribution >= 4 is 38.4 Å². The van der Waals surface area contributed by atoms with Crippen LogP contribution < -0.4 is 9.46 Å². The second kappa shape index (κ2) is 14.2. The van der Waals surface area contributed by atoms with Crippen LogP contribution in [0.2, 0.25) is 0 Å². The molecule has 4 rings (SSSR count). The first kappa shape index (κ1) is 32.7. The first-order valence-corrected chi connectivity index (χ1v) is 15.7. The van der Waals surface area contributed by atoms with Gasteiger partial charge in [-0.3, -0.25) is 4.79 Å². The summed E-state index contributed by atoms with van der Waals surface area (Å²) in [5.74, 6) is 0.447. The zero-order valence-corrected chi connectivity index (χ0v) is 26.2. The number of esters is 1. The maximum absolute atomic E-state index is 11.1. The zero-order chi connectivity index (χ0) is 29.4. The number of carbonyl (C=O) groups is 1. The topological polar surface area (TPSA) is 107 Å². The highest BCUT2D eigenvalue weighted by Gasteiger charge is 2.35. The van der Waals surface area contributed by atoms with E-state index in [9.17, 15) is 13.2 Å². The Morgan fingerprint density at radius 1 is 0.974 bits per heavy atom. The zero-order valence-electron chi connectivity index (χ0n) is 24.5. The van der Waals surface area contributed by atoms with Gasteiger partial charge in [0, 0.05) is 6.04 Å². The molecule has 0 aliphatic heterocycles. The van der Waals surface area contributed by atoms with Crippen LogP contribution in [0.1, 0.15) is 75.2 Å². The molecule has 1 saturated carbocycles. The molecule has 0 unspecified atom stereocenters. The molecule has 1 aliphatic carbocycles. The van der Waals surface area contributed by atoms with E-state index >= 15 is 0 Å². The Kier molecular flexibility index (Phi) is 11.9. The van der Waals surface area contributed by atoms with Crippen LogP contribution in [0.25, 0.3) is 21.6 Å². The highest BCUT2D eigenvalue weighted by atomic mass is 32.2. The average molecular weight is 578 g/mol. The Balaban J connectivity index is 0.000000227. The van der Waals surface area contributed by atoms with E-state index in [1.165, 1.54) is 0 Å². The number of fused-ring (bicyclic) bond motifs is 1. The summed E-state index contributed by atoms with van der Waals surface area (Å²) in [4.78, 5) is 21.3. The van der Waals surface area contributed by atoms with Crippen LogP contribution in [0, 0.1) is 5.92 Å². The van der Waals surface area contributed by atoms with Crippen molar-refractivity contribution in [1.82, 2.24) is 14.7 Å². The molecule has 0 saturated heterocycles. The number of benzene rings is 1. The van der Waals surface area contributed by atoms with Gasteiger partial charge in [0.2, 0.25) is 15.9 Å². The van der Waals surface area contributed by atoms with E-state index in [0.29, 0.717) is 5.88 Å². The molecular formula is C29H43N3O5S2. The molecule has 0 spiro atoms. The van der Waals surface area contributed by atoms with E-state index in [1.807, 2.05) is 104 Å². The monoisotopic (exact) mass is 577 g/mol. The van der Waals surface area contributed by atoms with Gasteiger partial charge in [-0.25, -0.2) is 23.1 Å². The number of ether oxygens (including phenoxy) is 2. The molecule has 1 aliphatic rings. The van der Waals surface area contributed by atoms with Gasteiger partial charge in [0.25, 0.3) is 0 Å². The smallest absolute Gasteiger partial charge is 0.308 e. The lowest BCUT2D eigenvalue weighted by Crippen LogP contribution is -2.32. The van der Waals surface area contributed by atoms with Crippen molar-refractivity contribution in [2.24, 2.45) is 5.92 Å². The summed E-state index contributed by atoms with van der Waals surface area (Å²) in [6.07, 6.45) is 1.75. The predicted octanol–water partition coefficient (Wildman–Crippen LogP) is 6.61. The fourth-order valence-electron chi connectivity index (χ4n) is 3.09. The largest absolute Gasteiger partial charge is 0.473 e. The third kappa shape index (κ3) is 11.6. The number of thiophene rings is 1. The maximum Gasteiger partial charge on any atom is 0.308 e. The molecular weight excluding hydrogens is 534 g/mol. The summed E-state index contributed by atoms with van der Waals surface area (Å²) in [5, 5.41) is 1.95. The molecule has 216 valence electrons. The van der Waals surface area contributed by atoms with Crippen molar-refractivity contribution in [2.45, 2.75) is 98.2 Å². The summed E-state index contributed by atoms with van der Waals surface area (Å²) in [5.41, 5.74) is 2.23. The van der Waals surface area contributed by atoms with Gasteiger partial charge in [-0.05, 0) is 84.9 Å². The van der Waals surface area contributed by atoms with Crippen LogP contribution in [-0.4, -0.2) is 47.4 Å². The Morgan fingerprint density at radius 2 is 1.56 bits per heavy atom. The summed E-state index contributed by atoms with van der Waals surface area (Å²) in [6, 6.07) is 11.9. The number of aromatic nitrogens is 2. The van der Waals surface area contributed by atoms with Gasteiger partial charge in [0.15, 0.2) is 0 Å². The molecule has 8 nitrogen and oxygen atoms in total. The summed E-state index contributed by atoms with van der Waals surface area (Å²) in [6.45, 7) is 16.9. The van der Waals surface area contributed by atoms with Crippen LogP contribution in [0.3, 0.4) is 0 Å². The molecule has 0 radical (unpaired) electrons. The van der Waals surface area contributed by atoms with Crippen molar-refractivity contribution < 1.29 is 22.7 Å². The lowest BCUT2D eigenvalue weighted by molar-refractivity contribution is -0.158. The highest BCUT2D eigenvalue weighted by Crippen LogP contribution is 2.32. The molecule has 2 heterocycles. The van der Waals surface area contributed by atoms with Crippen LogP contribution in [-0.2, 0) is 19.6 Å². The number of sulfonamides is 1. The molecule has 1 fully saturated rings. The van der Waals surface area contributed by atoms with Gasteiger partial charge in [-0.15, -0.1) is 11.3 Å². The van der Waals surface area contributed by atoms with Crippen molar-refractivity contribution in [2.75, 3.05) is 0 Å². The van der Waals surface area contributed by atoms with E-state index in [4.69, 9.17) is 14.5 Å². The number of rotatable bonds is 7. The third-order valence-electron chi connectivity index (χ3n) is 4.88. The van der Waals surface area contributed by atoms with E-state index in [1.54, 1.807) is 11.3 Å². The van der Waals surface area contributed by atoms with Gasteiger partial charge in [0.1, 0.15) is 11.3 Å². The number of nitrogens with one attached hydrogen (secondary N) is 1. The molecule has 39 heavy (non-hydrogen) atoms. The number of nitrogens with zero attached hydrogens (tertiary/aromatic N) is 2. The minimum Gasteiger partial charge on any atom is -0.473 e. The maximum atomic E-state index is 11.1. The minimum absolute atomic E-state index is 0.0285. The van der Waals surface area contributed by atoms with Crippen molar-refractivity contribution in [1.29, 1.82) is 0 Å². The van der Waals surface area contributed by atoms with E-state index in [-0.39, 0.29) is 34.9 Å². The number of hydrogen-bond acceptors (Lipinski definition) is 8. The fraction of sp³-hybridized carbons (Fsp3) is 0.552. The summed E-state index contributed by atoms with van der Waals surface area (Å²) >= 11 is 1.64. The lowest BCUT2D eigenvalue weighted by atomic mass is 10.1. The Hall–Kier alpha value is -2.56. The van der Waals surface area contributed by atoms with Crippen LogP contribution in [0.5, 0.6) is 5.88 Å². The number of carbonyl (C=O) groups excluding carboxylic acids is 1. The third-order valence-corrected chi connectivity index (χ3v) is 7.91. The van der Waals surface area contributed by atoms with Gasteiger partial charge in [-0.2, -0.15) is 0 Å². The SMILES string of the molecule is CC(C)C(=O)OC(C)(C)C.CC(C)NS(=O)(=O)C1CC1.CC(C)Oc1nc2ccccc2nc1-c1cccs1. The standard InChI is InChI=1S/C15H14N2OS.C8H16O2.C6H13NO2S/c1-10(2)18-15-14(13-8-5-9-19-13)16-11-6-3-4-7-12(11)17-15;1-6(2)7(9)10-8(3,4)5;1-5(2)7-10(8,9)6-3-4-6/h3-10H,1-2H3;6H,1-5H3;5-7H,3-4H2,1-2H3. The van der Waals surface area contributed by atoms with Gasteiger partial charge in [0.05, 0.1) is 33.2 Å². The van der Waals surface area contributed by atoms with Crippen molar-refractivity contribution in [3.05, 3.63) is 41.8 Å². The summed E-state index contributed by atoms with van der Waals surface area (Å²) in [7, 11) is -2.94. The molecule has 10 heteroatoms. The second-order valence-electron chi connectivity index (χ2n) is 11.2. The van der Waals surface area contributed by atoms with E-state index < -0.39 is 10.0 Å². The molecule has 3 aromatic rings. The fourth-order valence-corrected chi connectivity index (χ4v) is 5.40. The van der Waals surface area contributed by atoms with Crippen molar-refractivity contribution in [3.8, 4) is 16.5 Å². The van der Waals surface area contributed by atoms with Crippen LogP contribution >= 0.6 is 11.3 Å². The Labute approximate surface area is 237 Å². The van der Waals surface area contributed by atoms with Crippen LogP contribution in [0.4, 0.5) is 0 Å². The van der Waals surface area contributed by atoms with Crippen molar-refractivity contribution in [3.63, 3.8) is 0 Å². The Morgan fingerprint density at radius 3 is 1.97 bits per heavy atom. The molecule has 0 bridgehead atoms. The predicted molar refractivity (Wildman–Crippen MR) is 160 cm³/mol. The first-order valence-electron chi connectivity index (χ1n) is 13.3. The molecule has 0 atom stereocenters. The second-order valence-corrected chi connectivity index (χ2v) is 14.2. The van der Waals surface area contributed by atoms with Crippen LogP contribution in [0.15, 0.2) is 41.8 Å². The average Bonchev–Trinajstić information content (AvgIpc) is 3.54. The summed E-state index contributed by atoms with van der Waals surface area (Å²) < 4.78 is 35.6. The lowest BCUT2D eigenvalue weighted by Gasteiger charge is -2.20. The van der Waals surface area contributed by atoms with Gasteiger partial charge >= 0.3 is 5.97 Å². The molecule has 2 aromatic heterocycles. The molecule has 0 amide bonds. The Bertz CT molecular complexity index is 1290. The van der Waals surface area contributed by atoms with E-state index in [0.717, 1.165) is 34.4 Å². The molecule has 1 N–H and O–H groups in total. The number of hydrogen-bond donors (Lipinski definition) is 1. The van der Waals surface area contributed by atoms with E-state index in [2.05, 4.69) is 9.71 Å². The first-order chi connectivity index (χ1) is 18.1. The highest BCUT2D eigenvalue weighted by molar-refractivity contribution is 7.90. The quantitative estimate of drug-likeness (QED) is 0.315. The molecule has 1 aromatic carbocycles. The number of para-hydroxylation sites is 2. The van der Waals surface area contributed by atoms with Gasteiger partial charge < -0.3 is 9.47 Å².